The standard InChI is InChI=1S/C23H22N6O6/c1-28-20-11-14(3-9-18(20)22(30)27-28)24-21-12-19(25-26-21)13-2-6-17(10-13)35-23(31)34-16-7-4-15(5-8-16)29(32)33/h3-5,7-9,11-13,17H,2,6,10H2,1H3,(H,27,30)(H2,24,25,26)/t13-,17+/m0/s1. The number of aryl methyl sites for hydroxylation is 1. The molecule has 1 aliphatic rings. The highest BCUT2D eigenvalue weighted by molar-refractivity contribution is 5.83. The van der Waals surface area contributed by atoms with E-state index in [9.17, 15) is 19.7 Å². The molecule has 0 radical (unpaired) electrons. The van der Waals surface area contributed by atoms with Gasteiger partial charge in [-0.25, -0.2) is 4.79 Å². The largest absolute Gasteiger partial charge is 0.514 e. The van der Waals surface area contributed by atoms with Crippen molar-refractivity contribution in [3.63, 3.8) is 0 Å². The van der Waals surface area contributed by atoms with Crippen LogP contribution in [0.1, 0.15) is 30.9 Å². The number of carbonyl (C=O) groups is 1. The van der Waals surface area contributed by atoms with Crippen LogP contribution in [0.5, 0.6) is 5.75 Å². The molecule has 12 heteroatoms. The molecule has 5 rings (SSSR count). The number of ether oxygens (including phenoxy) is 2. The fraction of sp³-hybridized carbons (Fsp3) is 0.261. The summed E-state index contributed by atoms with van der Waals surface area (Å²) in [4.78, 5) is 34.2. The van der Waals surface area contributed by atoms with Crippen LogP contribution in [0.3, 0.4) is 0 Å². The van der Waals surface area contributed by atoms with Gasteiger partial charge in [0.05, 0.1) is 21.5 Å². The zero-order chi connectivity index (χ0) is 24.5. The van der Waals surface area contributed by atoms with Crippen LogP contribution in [-0.2, 0) is 11.8 Å². The molecule has 0 amide bonds. The van der Waals surface area contributed by atoms with Crippen LogP contribution in [0.25, 0.3) is 10.9 Å². The lowest BCUT2D eigenvalue weighted by Gasteiger charge is -2.12. The fourth-order valence-electron chi connectivity index (χ4n) is 4.33. The van der Waals surface area contributed by atoms with Gasteiger partial charge < -0.3 is 14.8 Å². The summed E-state index contributed by atoms with van der Waals surface area (Å²) >= 11 is 0. The summed E-state index contributed by atoms with van der Waals surface area (Å²) in [5.41, 5.74) is 2.23. The Morgan fingerprint density at radius 3 is 2.77 bits per heavy atom. The van der Waals surface area contributed by atoms with Crippen molar-refractivity contribution >= 4 is 34.3 Å². The van der Waals surface area contributed by atoms with Crippen molar-refractivity contribution in [1.82, 2.24) is 20.0 Å². The van der Waals surface area contributed by atoms with E-state index in [1.54, 1.807) is 17.8 Å². The number of nitrogens with one attached hydrogen (secondary N) is 3. The number of fused-ring (bicyclic) bond motifs is 1. The minimum absolute atomic E-state index is 0.0900. The average Bonchev–Trinajstić information content (AvgIpc) is 3.54. The number of hydrogen-bond acceptors (Lipinski definition) is 8. The summed E-state index contributed by atoms with van der Waals surface area (Å²) in [6.07, 6.45) is 0.932. The van der Waals surface area contributed by atoms with Gasteiger partial charge in [-0.1, -0.05) is 0 Å². The van der Waals surface area contributed by atoms with Crippen molar-refractivity contribution in [2.24, 2.45) is 7.05 Å². The number of anilines is 2. The molecule has 12 nitrogen and oxygen atoms in total. The molecule has 2 aromatic heterocycles. The van der Waals surface area contributed by atoms with Gasteiger partial charge in [-0.15, -0.1) is 0 Å². The second-order valence-corrected chi connectivity index (χ2v) is 8.42. The number of H-pyrrole nitrogens is 2. The first kappa shape index (κ1) is 22.2. The number of nitrogens with zero attached hydrogens (tertiary/aromatic N) is 3. The molecule has 0 saturated heterocycles. The summed E-state index contributed by atoms with van der Waals surface area (Å²) < 4.78 is 12.2. The van der Waals surface area contributed by atoms with Crippen molar-refractivity contribution < 1.29 is 19.2 Å². The van der Waals surface area contributed by atoms with E-state index in [2.05, 4.69) is 20.6 Å². The number of nitro benzene ring substituents is 1. The number of aromatic nitrogens is 4. The Hall–Kier alpha value is -4.61. The molecule has 1 aliphatic carbocycles. The Morgan fingerprint density at radius 2 is 2.00 bits per heavy atom. The quantitative estimate of drug-likeness (QED) is 0.162. The lowest BCUT2D eigenvalue weighted by Crippen LogP contribution is -2.18. The highest BCUT2D eigenvalue weighted by Gasteiger charge is 2.31. The van der Waals surface area contributed by atoms with Crippen molar-refractivity contribution in [1.29, 1.82) is 0 Å². The van der Waals surface area contributed by atoms with Gasteiger partial charge in [-0.2, -0.15) is 5.10 Å². The number of non-ortho nitro benzene ring substituents is 1. The van der Waals surface area contributed by atoms with E-state index >= 15 is 0 Å². The van der Waals surface area contributed by atoms with Gasteiger partial charge in [0.15, 0.2) is 0 Å². The van der Waals surface area contributed by atoms with Gasteiger partial charge in [-0.05, 0) is 49.6 Å². The maximum atomic E-state index is 12.1. The molecule has 180 valence electrons. The Kier molecular flexibility index (Phi) is 5.69. The van der Waals surface area contributed by atoms with Crippen LogP contribution in [-0.4, -0.2) is 37.2 Å². The van der Waals surface area contributed by atoms with Crippen LogP contribution in [0.4, 0.5) is 22.0 Å². The SMILES string of the molecule is Cn1[nH]c(=O)c2ccc(Nc3cc([C@H]4CC[C@@H](OC(=O)Oc5ccc([N+](=O)[O-])cc5)C4)n[nH]3)cc21. The monoisotopic (exact) mass is 478 g/mol. The zero-order valence-electron chi connectivity index (χ0n) is 18.7. The molecular weight excluding hydrogens is 456 g/mol. The average molecular weight is 478 g/mol. The predicted molar refractivity (Wildman–Crippen MR) is 126 cm³/mol. The topological polar surface area (TPSA) is 157 Å². The van der Waals surface area contributed by atoms with Gasteiger partial charge >= 0.3 is 6.16 Å². The van der Waals surface area contributed by atoms with E-state index in [4.69, 9.17) is 9.47 Å². The summed E-state index contributed by atoms with van der Waals surface area (Å²) in [6.45, 7) is 0. The second kappa shape index (κ2) is 8.97. The summed E-state index contributed by atoms with van der Waals surface area (Å²) in [7, 11) is 1.78. The molecular formula is C23H22N6O6. The number of rotatable bonds is 6. The highest BCUT2D eigenvalue weighted by atomic mass is 16.7. The molecule has 0 spiro atoms. The first-order valence-electron chi connectivity index (χ1n) is 11.0. The smallest absolute Gasteiger partial charge is 0.431 e. The first-order chi connectivity index (χ1) is 16.9. The Balaban J connectivity index is 1.16. The molecule has 1 fully saturated rings. The lowest BCUT2D eigenvalue weighted by molar-refractivity contribution is -0.384. The predicted octanol–water partition coefficient (Wildman–Crippen LogP) is 4.09. The summed E-state index contributed by atoms with van der Waals surface area (Å²) in [6, 6.07) is 12.6. The van der Waals surface area contributed by atoms with Gasteiger partial charge in [0, 0.05) is 36.9 Å². The Morgan fingerprint density at radius 1 is 1.20 bits per heavy atom. The third kappa shape index (κ3) is 4.71. The molecule has 0 bridgehead atoms. The molecule has 2 aromatic carbocycles. The van der Waals surface area contributed by atoms with Gasteiger partial charge in [0.2, 0.25) is 0 Å². The van der Waals surface area contributed by atoms with Gasteiger partial charge in [0.25, 0.3) is 11.2 Å². The van der Waals surface area contributed by atoms with Crippen LogP contribution < -0.4 is 15.6 Å². The first-order valence-corrected chi connectivity index (χ1v) is 11.0. The lowest BCUT2D eigenvalue weighted by atomic mass is 10.0. The Labute approximate surface area is 198 Å². The maximum Gasteiger partial charge on any atom is 0.514 e. The van der Waals surface area contributed by atoms with E-state index in [1.165, 1.54) is 24.3 Å². The van der Waals surface area contributed by atoms with E-state index in [-0.39, 0.29) is 29.0 Å². The molecule has 3 N–H and O–H groups in total. The molecule has 35 heavy (non-hydrogen) atoms. The van der Waals surface area contributed by atoms with Crippen LogP contribution in [0, 0.1) is 10.1 Å². The number of hydrogen-bond donors (Lipinski definition) is 3. The molecule has 0 aliphatic heterocycles. The van der Waals surface area contributed by atoms with E-state index in [0.29, 0.717) is 24.0 Å². The van der Waals surface area contributed by atoms with Crippen LogP contribution >= 0.6 is 0 Å². The number of nitro groups is 1. The molecule has 2 atom stereocenters. The van der Waals surface area contributed by atoms with Crippen LogP contribution in [0.2, 0.25) is 0 Å². The third-order valence-corrected chi connectivity index (χ3v) is 6.06. The highest BCUT2D eigenvalue weighted by Crippen LogP contribution is 2.36. The van der Waals surface area contributed by atoms with E-state index in [1.807, 2.05) is 18.2 Å². The normalized spacial score (nSPS) is 17.4. The molecule has 2 heterocycles. The fourth-order valence-corrected chi connectivity index (χ4v) is 4.33. The van der Waals surface area contributed by atoms with Crippen molar-refractivity contribution in [3.05, 3.63) is 74.7 Å². The van der Waals surface area contributed by atoms with Crippen molar-refractivity contribution in [2.75, 3.05) is 5.32 Å². The summed E-state index contributed by atoms with van der Waals surface area (Å²) in [5.74, 6) is 1.00. The van der Waals surface area contributed by atoms with Gasteiger partial charge in [0.1, 0.15) is 17.7 Å². The van der Waals surface area contributed by atoms with E-state index in [0.717, 1.165) is 23.3 Å². The summed E-state index contributed by atoms with van der Waals surface area (Å²) in [5, 5.41) is 24.7. The maximum absolute atomic E-state index is 12.1. The minimum atomic E-state index is -0.844. The minimum Gasteiger partial charge on any atom is -0.431 e. The second-order valence-electron chi connectivity index (χ2n) is 8.42. The Bertz CT molecular complexity index is 1450. The van der Waals surface area contributed by atoms with Crippen LogP contribution in [0.15, 0.2) is 53.3 Å². The van der Waals surface area contributed by atoms with E-state index < -0.39 is 11.1 Å². The van der Waals surface area contributed by atoms with Gasteiger partial charge in [-0.3, -0.25) is 29.8 Å². The molecule has 0 unspecified atom stereocenters. The number of aromatic amines is 2. The van der Waals surface area contributed by atoms with Crippen molar-refractivity contribution in [2.45, 2.75) is 31.3 Å². The number of benzene rings is 2. The van der Waals surface area contributed by atoms with Crippen molar-refractivity contribution in [3.8, 4) is 5.75 Å². The zero-order valence-corrected chi connectivity index (χ0v) is 18.7. The third-order valence-electron chi connectivity index (χ3n) is 6.06. The number of carbonyl (C=O) groups excluding carboxylic acids is 1. The molecule has 4 aromatic rings. The molecule has 1 saturated carbocycles.